The molecule has 6 nitrogen and oxygen atoms in total. The Bertz CT molecular complexity index is 893. The van der Waals surface area contributed by atoms with Crippen molar-refractivity contribution in [2.75, 3.05) is 0 Å². The number of hydrogen-bond donors (Lipinski definition) is 0. The smallest absolute Gasteiger partial charge is 0.296 e. The number of carbonyl (C=O) groups excluding carboxylic acids is 1. The van der Waals surface area contributed by atoms with Crippen LogP contribution in [0.5, 0.6) is 0 Å². The van der Waals surface area contributed by atoms with Crippen molar-refractivity contribution in [3.8, 4) is 5.69 Å². The molecule has 3 aromatic rings. The summed E-state index contributed by atoms with van der Waals surface area (Å²) in [6.07, 6.45) is 0. The molecule has 106 valence electrons. The van der Waals surface area contributed by atoms with Crippen LogP contribution in [-0.4, -0.2) is 20.6 Å². The zero-order chi connectivity index (χ0) is 15.1. The Kier molecular flexibility index (Phi) is 2.94. The molecule has 3 rings (SSSR count). The van der Waals surface area contributed by atoms with Gasteiger partial charge < -0.3 is 5.11 Å². The zero-order valence-corrected chi connectivity index (χ0v) is 12.0. The summed E-state index contributed by atoms with van der Waals surface area (Å²) in [6, 6.07) is 9.35. The highest BCUT2D eigenvalue weighted by Crippen LogP contribution is 2.08. The third-order valence-electron chi connectivity index (χ3n) is 3.40. The van der Waals surface area contributed by atoms with Crippen molar-refractivity contribution >= 4 is 17.2 Å². The van der Waals surface area contributed by atoms with Crippen molar-refractivity contribution < 1.29 is 14.7 Å². The molecule has 0 bridgehead atoms. The fourth-order valence-electron chi connectivity index (χ4n) is 2.54. The standard InChI is InChI=1S/C15H14N4O2/c1-9-13(10(2)20)15-16-19(12-7-5-4-6-8-12)17-18(15)14(9)11(3)21/h4-8H,1-3H3. The van der Waals surface area contributed by atoms with Gasteiger partial charge in [0.2, 0.25) is 11.5 Å². The highest BCUT2D eigenvalue weighted by Gasteiger charge is 2.26. The number of nitrogens with zero attached hydrogens (tertiary/aromatic N) is 4. The Balaban J connectivity index is 2.40. The largest absolute Gasteiger partial charge is 0.875 e. The van der Waals surface area contributed by atoms with E-state index in [-0.39, 0.29) is 11.5 Å². The lowest BCUT2D eigenvalue weighted by molar-refractivity contribution is -0.716. The van der Waals surface area contributed by atoms with E-state index in [2.05, 4.69) is 10.3 Å². The molecule has 0 fully saturated rings. The van der Waals surface area contributed by atoms with Crippen LogP contribution in [0.1, 0.15) is 29.9 Å². The number of rotatable bonds is 2. The molecule has 0 unspecified atom stereocenters. The summed E-state index contributed by atoms with van der Waals surface area (Å²) in [6.45, 7) is 4.67. The van der Waals surface area contributed by atoms with Gasteiger partial charge in [-0.3, -0.25) is 4.79 Å². The molecule has 0 spiro atoms. The number of aromatic nitrogens is 4. The van der Waals surface area contributed by atoms with Gasteiger partial charge in [-0.2, -0.15) is 0 Å². The monoisotopic (exact) mass is 282 g/mol. The van der Waals surface area contributed by atoms with Gasteiger partial charge >= 0.3 is 0 Å². The first-order chi connectivity index (χ1) is 10.0. The van der Waals surface area contributed by atoms with Crippen LogP contribution < -0.4 is 15.1 Å². The summed E-state index contributed by atoms with van der Waals surface area (Å²) in [5.74, 6) is -0.271. The van der Waals surface area contributed by atoms with Crippen LogP contribution in [0.2, 0.25) is 0 Å². The fraction of sp³-hybridized carbons (Fsp3) is 0.200. The topological polar surface area (TPSA) is 74.2 Å². The Labute approximate surface area is 120 Å². The van der Waals surface area contributed by atoms with E-state index in [0.29, 0.717) is 22.1 Å². The molecule has 2 aromatic heterocycles. The lowest BCUT2D eigenvalue weighted by Gasteiger charge is -2.00. The summed E-state index contributed by atoms with van der Waals surface area (Å²) in [5, 5.41) is 21.0. The maximum Gasteiger partial charge on any atom is 0.296 e. The van der Waals surface area contributed by atoms with Crippen LogP contribution in [0.4, 0.5) is 0 Å². The number of ketones is 1. The van der Waals surface area contributed by atoms with Crippen LogP contribution in [0.3, 0.4) is 0 Å². The summed E-state index contributed by atoms with van der Waals surface area (Å²) in [4.78, 5) is 13.3. The number of Topliss-reactive ketones (excluding diaryl/α,β-unsaturated/α-hetero) is 1. The molecular weight excluding hydrogens is 268 g/mol. The van der Waals surface area contributed by atoms with Crippen LogP contribution in [0.15, 0.2) is 30.3 Å². The summed E-state index contributed by atoms with van der Waals surface area (Å²) in [7, 11) is 0. The maximum atomic E-state index is 11.9. The van der Waals surface area contributed by atoms with E-state index < -0.39 is 0 Å². The van der Waals surface area contributed by atoms with Gasteiger partial charge in [0.1, 0.15) is 5.21 Å². The minimum absolute atomic E-state index is 0.127. The van der Waals surface area contributed by atoms with Gasteiger partial charge in [0.15, 0.2) is 5.69 Å². The molecule has 21 heavy (non-hydrogen) atoms. The zero-order valence-electron chi connectivity index (χ0n) is 12.0. The average molecular weight is 282 g/mol. The fourth-order valence-corrected chi connectivity index (χ4v) is 2.54. The van der Waals surface area contributed by atoms with Crippen molar-refractivity contribution in [1.29, 1.82) is 0 Å². The van der Waals surface area contributed by atoms with Crippen LogP contribution in [0, 0.1) is 6.92 Å². The Morgan fingerprint density at radius 2 is 1.90 bits per heavy atom. The van der Waals surface area contributed by atoms with Gasteiger partial charge in [-0.05, 0) is 24.2 Å². The summed E-state index contributed by atoms with van der Waals surface area (Å²) in [5.41, 5.74) is 2.21. The third-order valence-corrected chi connectivity index (χ3v) is 3.40. The van der Waals surface area contributed by atoms with Gasteiger partial charge in [-0.1, -0.05) is 29.6 Å². The Morgan fingerprint density at radius 3 is 2.48 bits per heavy atom. The lowest BCUT2D eigenvalue weighted by atomic mass is 10.2. The number of benzene rings is 1. The maximum absolute atomic E-state index is 11.9. The molecule has 1 aromatic carbocycles. The molecule has 2 heterocycles. The minimum atomic E-state index is -0.143. The van der Waals surface area contributed by atoms with E-state index in [9.17, 15) is 9.90 Å². The van der Waals surface area contributed by atoms with Crippen molar-refractivity contribution in [1.82, 2.24) is 14.8 Å². The molecular formula is C15H14N4O2. The predicted molar refractivity (Wildman–Crippen MR) is 73.6 cm³/mol. The van der Waals surface area contributed by atoms with E-state index in [1.165, 1.54) is 23.2 Å². The van der Waals surface area contributed by atoms with Gasteiger partial charge in [0, 0.05) is 22.5 Å². The van der Waals surface area contributed by atoms with E-state index in [1.54, 1.807) is 6.92 Å². The van der Waals surface area contributed by atoms with Crippen LogP contribution in [0.25, 0.3) is 17.1 Å². The third kappa shape index (κ3) is 1.96. The number of fused-ring (bicyclic) bond motifs is 1. The number of para-hydroxylation sites is 1. The summed E-state index contributed by atoms with van der Waals surface area (Å²) >= 11 is 0. The molecule has 6 heteroatoms. The predicted octanol–water partition coefficient (Wildman–Crippen LogP) is -0.276. The SMILES string of the molecule is CC(=O)c1c(C)/c(=C(\C)[O-])c2n[n+](-c3ccccc3)nn12. The second-order valence-electron chi connectivity index (χ2n) is 4.91. The number of carbonyl (C=O) groups is 1. The molecule has 0 aliphatic rings. The lowest BCUT2D eigenvalue weighted by Crippen LogP contribution is -2.37. The average Bonchev–Trinajstić information content (AvgIpc) is 2.94. The first-order valence-electron chi connectivity index (χ1n) is 6.56. The summed E-state index contributed by atoms with van der Waals surface area (Å²) < 4.78 is 1.45. The van der Waals surface area contributed by atoms with Crippen LogP contribution in [-0.2, 0) is 0 Å². The highest BCUT2D eigenvalue weighted by atomic mass is 16.3. The number of hydrogen-bond acceptors (Lipinski definition) is 4. The van der Waals surface area contributed by atoms with Crippen molar-refractivity contribution in [3.05, 3.63) is 46.8 Å². The molecule has 0 radical (unpaired) electrons. The van der Waals surface area contributed by atoms with E-state index in [1.807, 2.05) is 30.3 Å². The van der Waals surface area contributed by atoms with E-state index >= 15 is 0 Å². The van der Waals surface area contributed by atoms with Crippen molar-refractivity contribution in [2.45, 2.75) is 20.8 Å². The first-order valence-corrected chi connectivity index (χ1v) is 6.56. The molecule has 0 aliphatic heterocycles. The van der Waals surface area contributed by atoms with E-state index in [0.717, 1.165) is 5.69 Å². The highest BCUT2D eigenvalue weighted by molar-refractivity contribution is 5.95. The second-order valence-corrected chi connectivity index (χ2v) is 4.91. The molecule has 0 amide bonds. The quantitative estimate of drug-likeness (QED) is 0.479. The first kappa shape index (κ1) is 13.2. The molecule has 0 aliphatic carbocycles. The van der Waals surface area contributed by atoms with Gasteiger partial charge in [-0.25, -0.2) is 0 Å². The van der Waals surface area contributed by atoms with Crippen LogP contribution >= 0.6 is 0 Å². The van der Waals surface area contributed by atoms with Crippen molar-refractivity contribution in [3.63, 3.8) is 0 Å². The van der Waals surface area contributed by atoms with E-state index in [4.69, 9.17) is 0 Å². The van der Waals surface area contributed by atoms with Crippen molar-refractivity contribution in [2.24, 2.45) is 0 Å². The van der Waals surface area contributed by atoms with Gasteiger partial charge in [-0.15, -0.1) is 5.76 Å². The van der Waals surface area contributed by atoms with Gasteiger partial charge in [0.05, 0.1) is 0 Å². The number of tetrazole rings is 1. The molecule has 0 saturated carbocycles. The minimum Gasteiger partial charge on any atom is -0.875 e. The molecule has 0 saturated heterocycles. The second kappa shape index (κ2) is 4.66. The molecule has 0 N–H and O–H groups in total. The Hall–Kier alpha value is -2.76. The Morgan fingerprint density at radius 1 is 1.24 bits per heavy atom. The molecule has 0 atom stereocenters. The van der Waals surface area contributed by atoms with Gasteiger partial charge in [0.25, 0.3) is 5.65 Å². The normalized spacial score (nSPS) is 12.7.